The molecule has 0 fully saturated rings. The molecule has 1 atom stereocenters. The lowest BCUT2D eigenvalue weighted by Gasteiger charge is -2.15. The maximum atomic E-state index is 11.6. The monoisotopic (exact) mass is 378 g/mol. The maximum absolute atomic E-state index is 11.6. The van der Waals surface area contributed by atoms with Gasteiger partial charge in [-0.15, -0.1) is 0 Å². The molecule has 0 heterocycles. The molecule has 0 aliphatic heterocycles. The van der Waals surface area contributed by atoms with Gasteiger partial charge in [-0.3, -0.25) is 4.57 Å². The Morgan fingerprint density at radius 2 is 1.16 bits per heavy atom. The highest BCUT2D eigenvalue weighted by molar-refractivity contribution is 7.53. The molecule has 0 bridgehead atoms. The van der Waals surface area contributed by atoms with E-state index in [0.29, 0.717) is 19.6 Å². The molecule has 0 aliphatic rings. The molecule has 0 spiro atoms. The number of unbranched alkanes of at least 4 members (excludes halogenated alkanes) is 11. The lowest BCUT2D eigenvalue weighted by molar-refractivity contribution is 0.113. The summed E-state index contributed by atoms with van der Waals surface area (Å²) in [4.78, 5) is 9.51. The zero-order valence-corrected chi connectivity index (χ0v) is 17.9. The van der Waals surface area contributed by atoms with E-state index in [-0.39, 0.29) is 5.66 Å². The Hall–Kier alpha value is 0.110. The molecular weight excluding hydrogens is 335 g/mol. The van der Waals surface area contributed by atoms with Crippen molar-refractivity contribution in [2.75, 3.05) is 19.8 Å². The minimum absolute atomic E-state index is 0.296. The van der Waals surface area contributed by atoms with Crippen molar-refractivity contribution >= 4 is 7.60 Å². The van der Waals surface area contributed by atoms with Crippen molar-refractivity contribution in [3.8, 4) is 0 Å². The van der Waals surface area contributed by atoms with Crippen LogP contribution in [0.25, 0.3) is 0 Å². The van der Waals surface area contributed by atoms with Crippen LogP contribution in [0, 0.1) is 0 Å². The van der Waals surface area contributed by atoms with Gasteiger partial charge in [0.1, 0.15) is 0 Å². The summed E-state index contributed by atoms with van der Waals surface area (Å²) < 4.78 is 22.2. The number of hydrogen-bond donors (Lipinski definition) is 1. The van der Waals surface area contributed by atoms with Crippen molar-refractivity contribution in [3.63, 3.8) is 0 Å². The Morgan fingerprint density at radius 3 is 1.64 bits per heavy atom. The minimum atomic E-state index is -3.41. The summed E-state index contributed by atoms with van der Waals surface area (Å²) >= 11 is 0. The summed E-state index contributed by atoms with van der Waals surface area (Å²) in [6, 6.07) is 0. The summed E-state index contributed by atoms with van der Waals surface area (Å²) in [6.45, 7) is 7.36. The van der Waals surface area contributed by atoms with Crippen LogP contribution in [0.2, 0.25) is 0 Å². The number of ether oxygens (including phenoxy) is 1. The molecule has 1 N–H and O–H groups in total. The van der Waals surface area contributed by atoms with Crippen LogP contribution in [0.15, 0.2) is 0 Å². The molecule has 152 valence electrons. The van der Waals surface area contributed by atoms with Crippen molar-refractivity contribution in [3.05, 3.63) is 0 Å². The second kappa shape index (κ2) is 17.5. The summed E-state index contributed by atoms with van der Waals surface area (Å²) in [5.41, 5.74) is -0.338. The fourth-order valence-electron chi connectivity index (χ4n) is 2.65. The van der Waals surface area contributed by atoms with E-state index in [1.165, 1.54) is 70.6 Å². The first-order valence-corrected chi connectivity index (χ1v) is 12.2. The molecule has 0 radical (unpaired) electrons. The van der Waals surface area contributed by atoms with Gasteiger partial charge in [-0.2, -0.15) is 0 Å². The molecule has 0 aromatic carbocycles. The molecule has 5 heteroatoms. The summed E-state index contributed by atoms with van der Waals surface area (Å²) in [5.74, 6) is 0. The van der Waals surface area contributed by atoms with Gasteiger partial charge < -0.3 is 14.2 Å². The molecule has 0 amide bonds. The molecule has 0 rings (SSSR count). The Labute approximate surface area is 156 Å². The zero-order chi connectivity index (χ0) is 18.8. The van der Waals surface area contributed by atoms with Crippen molar-refractivity contribution < 1.29 is 18.7 Å². The van der Waals surface area contributed by atoms with Crippen LogP contribution in [0.1, 0.15) is 104 Å². The second-order valence-corrected chi connectivity index (χ2v) is 9.77. The fraction of sp³-hybridized carbons (Fsp3) is 1.00. The summed E-state index contributed by atoms with van der Waals surface area (Å²) in [5, 5.41) is 0. The fourth-order valence-corrected chi connectivity index (χ4v) is 3.34. The first-order valence-electron chi connectivity index (χ1n) is 10.6. The summed E-state index contributed by atoms with van der Waals surface area (Å²) in [6.07, 6.45) is 16.9. The number of hydrogen-bond acceptors (Lipinski definition) is 3. The maximum Gasteiger partial charge on any atom is 0.330 e. The topological polar surface area (TPSA) is 55.8 Å². The molecule has 25 heavy (non-hydrogen) atoms. The van der Waals surface area contributed by atoms with Crippen LogP contribution in [-0.4, -0.2) is 30.4 Å². The van der Waals surface area contributed by atoms with Crippen LogP contribution in [0.3, 0.4) is 0 Å². The SMILES string of the molecule is CCCCCCCCCCCCCCOCCCOP(=O)(O)C(C)C. The molecule has 4 nitrogen and oxygen atoms in total. The molecule has 0 aliphatic carbocycles. The molecule has 0 saturated heterocycles. The normalized spacial score (nSPS) is 14.1. The lowest BCUT2D eigenvalue weighted by atomic mass is 10.1. The highest BCUT2D eigenvalue weighted by Gasteiger charge is 2.23. The van der Waals surface area contributed by atoms with Gasteiger partial charge >= 0.3 is 7.60 Å². The van der Waals surface area contributed by atoms with Crippen LogP contribution in [0.4, 0.5) is 0 Å². The van der Waals surface area contributed by atoms with Gasteiger partial charge in [-0.25, -0.2) is 0 Å². The molecule has 0 aromatic rings. The van der Waals surface area contributed by atoms with E-state index >= 15 is 0 Å². The largest absolute Gasteiger partial charge is 0.381 e. The summed E-state index contributed by atoms with van der Waals surface area (Å²) in [7, 11) is -3.41. The predicted molar refractivity (Wildman–Crippen MR) is 107 cm³/mol. The van der Waals surface area contributed by atoms with E-state index in [1.807, 2.05) is 0 Å². The van der Waals surface area contributed by atoms with Crippen LogP contribution >= 0.6 is 7.60 Å². The first kappa shape index (κ1) is 25.1. The second-order valence-electron chi connectivity index (χ2n) is 7.35. The van der Waals surface area contributed by atoms with Gasteiger partial charge in [0.2, 0.25) is 0 Å². The lowest BCUT2D eigenvalue weighted by Crippen LogP contribution is -2.05. The van der Waals surface area contributed by atoms with E-state index in [4.69, 9.17) is 9.26 Å². The van der Waals surface area contributed by atoms with Crippen LogP contribution in [-0.2, 0) is 13.8 Å². The van der Waals surface area contributed by atoms with E-state index in [0.717, 1.165) is 13.0 Å². The smallest absolute Gasteiger partial charge is 0.330 e. The van der Waals surface area contributed by atoms with Crippen molar-refractivity contribution in [1.82, 2.24) is 0 Å². The zero-order valence-electron chi connectivity index (χ0n) is 17.0. The van der Waals surface area contributed by atoms with Crippen LogP contribution < -0.4 is 0 Å². The van der Waals surface area contributed by atoms with Gasteiger partial charge in [-0.05, 0) is 12.8 Å². The first-order chi connectivity index (χ1) is 12.0. The average Bonchev–Trinajstić information content (AvgIpc) is 2.57. The van der Waals surface area contributed by atoms with Crippen molar-refractivity contribution in [1.29, 1.82) is 0 Å². The standard InChI is InChI=1S/C20H43O4P/c1-4-5-6-7-8-9-10-11-12-13-14-15-17-23-18-16-19-24-25(21,22)20(2)3/h20H,4-19H2,1-3H3,(H,21,22). The van der Waals surface area contributed by atoms with Gasteiger partial charge in [0, 0.05) is 13.2 Å². The molecule has 1 unspecified atom stereocenters. The van der Waals surface area contributed by atoms with Gasteiger partial charge in [0.15, 0.2) is 0 Å². The molecule has 0 aromatic heterocycles. The van der Waals surface area contributed by atoms with Crippen molar-refractivity contribution in [2.24, 2.45) is 0 Å². The van der Waals surface area contributed by atoms with Crippen LogP contribution in [0.5, 0.6) is 0 Å². The van der Waals surface area contributed by atoms with E-state index in [2.05, 4.69) is 6.92 Å². The Bertz CT molecular complexity index is 321. The Balaban J connectivity index is 3.13. The highest BCUT2D eigenvalue weighted by atomic mass is 31.2. The number of rotatable bonds is 19. The third-order valence-electron chi connectivity index (χ3n) is 4.50. The predicted octanol–water partition coefficient (Wildman–Crippen LogP) is 6.70. The third kappa shape index (κ3) is 17.3. The van der Waals surface area contributed by atoms with E-state index in [1.54, 1.807) is 13.8 Å². The van der Waals surface area contributed by atoms with E-state index in [9.17, 15) is 9.46 Å². The molecular formula is C20H43O4P. The average molecular weight is 379 g/mol. The van der Waals surface area contributed by atoms with Crippen molar-refractivity contribution in [2.45, 2.75) is 110 Å². The van der Waals surface area contributed by atoms with Gasteiger partial charge in [0.25, 0.3) is 0 Å². The third-order valence-corrected chi connectivity index (χ3v) is 6.36. The highest BCUT2D eigenvalue weighted by Crippen LogP contribution is 2.46. The minimum Gasteiger partial charge on any atom is -0.381 e. The van der Waals surface area contributed by atoms with Gasteiger partial charge in [0.05, 0.1) is 12.3 Å². The van der Waals surface area contributed by atoms with E-state index < -0.39 is 7.60 Å². The Kier molecular flexibility index (Phi) is 17.6. The molecule has 0 saturated carbocycles. The Morgan fingerprint density at radius 1 is 0.720 bits per heavy atom. The quantitative estimate of drug-likeness (QED) is 0.201. The van der Waals surface area contributed by atoms with Gasteiger partial charge in [-0.1, -0.05) is 91.4 Å².